The number of hydrogen-bond acceptors (Lipinski definition) is 4. The minimum atomic E-state index is -0.481. The standard InChI is InChI=1S/C17H14N2O2S/c1-21-13-8-7-12(16(18)20)15(17-19-9-10-22-17)14(13)11-5-3-2-4-6-11/h2-10H,1H3,(H2,18,20). The van der Waals surface area contributed by atoms with Gasteiger partial charge in [0.25, 0.3) is 0 Å². The SMILES string of the molecule is COc1ccc(C(N)=O)c(-c2nccs2)c1-c1ccccc1. The predicted molar refractivity (Wildman–Crippen MR) is 88.1 cm³/mol. The number of benzene rings is 2. The molecule has 0 aliphatic carbocycles. The molecule has 0 aliphatic heterocycles. The van der Waals surface area contributed by atoms with E-state index < -0.39 is 5.91 Å². The van der Waals surface area contributed by atoms with Gasteiger partial charge in [0.2, 0.25) is 5.91 Å². The van der Waals surface area contributed by atoms with Crippen LogP contribution in [0.2, 0.25) is 0 Å². The quantitative estimate of drug-likeness (QED) is 0.801. The smallest absolute Gasteiger partial charge is 0.249 e. The third kappa shape index (κ3) is 2.46. The summed E-state index contributed by atoms with van der Waals surface area (Å²) in [7, 11) is 1.61. The zero-order valence-electron chi connectivity index (χ0n) is 11.9. The first-order valence-electron chi connectivity index (χ1n) is 6.68. The van der Waals surface area contributed by atoms with Crippen LogP contribution in [0.1, 0.15) is 10.4 Å². The lowest BCUT2D eigenvalue weighted by atomic mass is 9.94. The van der Waals surface area contributed by atoms with Crippen LogP contribution < -0.4 is 10.5 Å². The first kappa shape index (κ1) is 14.3. The van der Waals surface area contributed by atoms with E-state index in [0.29, 0.717) is 16.9 Å². The van der Waals surface area contributed by atoms with E-state index in [1.54, 1.807) is 25.4 Å². The number of hydrogen-bond donors (Lipinski definition) is 1. The first-order chi connectivity index (χ1) is 10.7. The Morgan fingerprint density at radius 2 is 1.91 bits per heavy atom. The fourth-order valence-electron chi connectivity index (χ4n) is 2.42. The van der Waals surface area contributed by atoms with Crippen molar-refractivity contribution in [3.8, 4) is 27.4 Å². The van der Waals surface area contributed by atoms with Gasteiger partial charge in [-0.25, -0.2) is 4.98 Å². The number of thiazole rings is 1. The summed E-state index contributed by atoms with van der Waals surface area (Å²) in [4.78, 5) is 16.2. The highest BCUT2D eigenvalue weighted by atomic mass is 32.1. The lowest BCUT2D eigenvalue weighted by Gasteiger charge is -2.15. The molecule has 110 valence electrons. The molecule has 0 aliphatic rings. The van der Waals surface area contributed by atoms with Crippen molar-refractivity contribution in [3.63, 3.8) is 0 Å². The van der Waals surface area contributed by atoms with Crippen molar-refractivity contribution in [2.24, 2.45) is 5.73 Å². The zero-order chi connectivity index (χ0) is 15.5. The topological polar surface area (TPSA) is 65.2 Å². The second kappa shape index (κ2) is 5.99. The molecule has 0 bridgehead atoms. The number of nitrogens with two attached hydrogens (primary N) is 1. The van der Waals surface area contributed by atoms with Gasteiger partial charge in [-0.05, 0) is 17.7 Å². The van der Waals surface area contributed by atoms with Gasteiger partial charge >= 0.3 is 0 Å². The second-order valence-electron chi connectivity index (χ2n) is 4.63. The number of primary amides is 1. The Kier molecular flexibility index (Phi) is 3.89. The molecule has 0 unspecified atom stereocenters. The third-order valence-corrected chi connectivity index (χ3v) is 4.15. The molecule has 0 spiro atoms. The van der Waals surface area contributed by atoms with Crippen molar-refractivity contribution in [3.05, 3.63) is 59.6 Å². The van der Waals surface area contributed by atoms with Gasteiger partial charge in [0.1, 0.15) is 10.8 Å². The van der Waals surface area contributed by atoms with Crippen LogP contribution in [0.25, 0.3) is 21.7 Å². The van der Waals surface area contributed by atoms with Crippen LogP contribution in [0, 0.1) is 0 Å². The van der Waals surface area contributed by atoms with Crippen LogP contribution >= 0.6 is 11.3 Å². The number of amides is 1. The maximum atomic E-state index is 11.9. The van der Waals surface area contributed by atoms with E-state index in [9.17, 15) is 4.79 Å². The number of aromatic nitrogens is 1. The van der Waals surface area contributed by atoms with Gasteiger partial charge < -0.3 is 10.5 Å². The van der Waals surface area contributed by atoms with Crippen molar-refractivity contribution >= 4 is 17.2 Å². The fraction of sp³-hybridized carbons (Fsp3) is 0.0588. The Labute approximate surface area is 132 Å². The van der Waals surface area contributed by atoms with Crippen LogP contribution in [0.15, 0.2) is 54.0 Å². The summed E-state index contributed by atoms with van der Waals surface area (Å²) < 4.78 is 5.50. The second-order valence-corrected chi connectivity index (χ2v) is 5.53. The van der Waals surface area contributed by atoms with E-state index in [2.05, 4.69) is 4.98 Å². The van der Waals surface area contributed by atoms with Gasteiger partial charge in [-0.1, -0.05) is 30.3 Å². The van der Waals surface area contributed by atoms with E-state index in [4.69, 9.17) is 10.5 Å². The van der Waals surface area contributed by atoms with E-state index >= 15 is 0 Å². The number of carbonyl (C=O) groups is 1. The molecule has 1 amide bonds. The van der Waals surface area contributed by atoms with E-state index in [1.165, 1.54) is 11.3 Å². The number of methoxy groups -OCH3 is 1. The molecule has 2 aromatic carbocycles. The minimum Gasteiger partial charge on any atom is -0.496 e. The highest BCUT2D eigenvalue weighted by Crippen LogP contribution is 2.41. The van der Waals surface area contributed by atoms with Crippen LogP contribution in [-0.2, 0) is 0 Å². The Balaban J connectivity index is 2.39. The van der Waals surface area contributed by atoms with Crippen LogP contribution in [0.3, 0.4) is 0 Å². The Hall–Kier alpha value is -2.66. The van der Waals surface area contributed by atoms with E-state index in [0.717, 1.165) is 16.1 Å². The molecule has 5 heteroatoms. The van der Waals surface area contributed by atoms with Gasteiger partial charge in [-0.15, -0.1) is 11.3 Å². The summed E-state index contributed by atoms with van der Waals surface area (Å²) in [5.41, 5.74) is 8.49. The maximum absolute atomic E-state index is 11.9. The average molecular weight is 310 g/mol. The van der Waals surface area contributed by atoms with Crippen molar-refractivity contribution in [2.45, 2.75) is 0 Å². The normalized spacial score (nSPS) is 10.4. The van der Waals surface area contributed by atoms with Crippen LogP contribution in [0.5, 0.6) is 5.75 Å². The van der Waals surface area contributed by atoms with Crippen molar-refractivity contribution in [1.29, 1.82) is 0 Å². The number of rotatable bonds is 4. The van der Waals surface area contributed by atoms with Gasteiger partial charge in [-0.3, -0.25) is 4.79 Å². The fourth-order valence-corrected chi connectivity index (χ4v) is 3.12. The molecule has 1 aromatic heterocycles. The molecule has 0 atom stereocenters. The summed E-state index contributed by atoms with van der Waals surface area (Å²) >= 11 is 1.46. The van der Waals surface area contributed by atoms with Crippen LogP contribution in [-0.4, -0.2) is 18.0 Å². The third-order valence-electron chi connectivity index (χ3n) is 3.36. The Bertz CT molecular complexity index is 799. The maximum Gasteiger partial charge on any atom is 0.249 e. The monoisotopic (exact) mass is 310 g/mol. The number of carbonyl (C=O) groups excluding carboxylic acids is 1. The highest BCUT2D eigenvalue weighted by Gasteiger charge is 2.21. The predicted octanol–water partition coefficient (Wildman–Crippen LogP) is 3.58. The van der Waals surface area contributed by atoms with E-state index in [-0.39, 0.29) is 0 Å². The molecule has 0 saturated heterocycles. The molecule has 2 N–H and O–H groups in total. The van der Waals surface area contributed by atoms with E-state index in [1.807, 2.05) is 35.7 Å². The molecule has 0 radical (unpaired) electrons. The lowest BCUT2D eigenvalue weighted by molar-refractivity contribution is 0.100. The molecule has 3 aromatic rings. The molecule has 0 saturated carbocycles. The highest BCUT2D eigenvalue weighted by molar-refractivity contribution is 7.13. The minimum absolute atomic E-state index is 0.439. The zero-order valence-corrected chi connectivity index (χ0v) is 12.8. The van der Waals surface area contributed by atoms with Crippen molar-refractivity contribution < 1.29 is 9.53 Å². The van der Waals surface area contributed by atoms with Gasteiger partial charge in [0.05, 0.1) is 12.7 Å². The summed E-state index contributed by atoms with van der Waals surface area (Å²) in [6.07, 6.45) is 1.71. The van der Waals surface area contributed by atoms with Crippen LogP contribution in [0.4, 0.5) is 0 Å². The molecule has 3 rings (SSSR count). The van der Waals surface area contributed by atoms with Gasteiger partial charge in [0.15, 0.2) is 0 Å². The Morgan fingerprint density at radius 1 is 1.14 bits per heavy atom. The van der Waals surface area contributed by atoms with Crippen molar-refractivity contribution in [2.75, 3.05) is 7.11 Å². The number of nitrogens with zero attached hydrogens (tertiary/aromatic N) is 1. The lowest BCUT2D eigenvalue weighted by Crippen LogP contribution is -2.13. The first-order valence-corrected chi connectivity index (χ1v) is 7.56. The summed E-state index contributed by atoms with van der Waals surface area (Å²) in [5.74, 6) is 0.200. The van der Waals surface area contributed by atoms with Crippen molar-refractivity contribution in [1.82, 2.24) is 4.98 Å². The molecule has 0 fully saturated rings. The van der Waals surface area contributed by atoms with Gasteiger partial charge in [0, 0.05) is 22.7 Å². The van der Waals surface area contributed by atoms with Gasteiger partial charge in [-0.2, -0.15) is 0 Å². The summed E-state index contributed by atoms with van der Waals surface area (Å²) in [5, 5.41) is 2.61. The largest absolute Gasteiger partial charge is 0.496 e. The molecule has 22 heavy (non-hydrogen) atoms. The molecular weight excluding hydrogens is 296 g/mol. The Morgan fingerprint density at radius 3 is 2.50 bits per heavy atom. The average Bonchev–Trinajstić information content (AvgIpc) is 3.08. The molecule has 1 heterocycles. The summed E-state index contributed by atoms with van der Waals surface area (Å²) in [6.45, 7) is 0. The molecular formula is C17H14N2O2S. The molecule has 4 nitrogen and oxygen atoms in total. The summed E-state index contributed by atoms with van der Waals surface area (Å²) in [6, 6.07) is 13.2. The number of ether oxygens (including phenoxy) is 1.